The van der Waals surface area contributed by atoms with Crippen molar-refractivity contribution in [3.05, 3.63) is 185 Å². The first-order valence-corrected chi connectivity index (χ1v) is 27.9. The number of thiazole rings is 1. The molecular formula is C55H54N6O12S3. The summed E-state index contributed by atoms with van der Waals surface area (Å²) in [4.78, 5) is 32.3. The topological polar surface area (TPSA) is 228 Å². The zero-order valence-electron chi connectivity index (χ0n) is 41.6. The first-order valence-electron chi connectivity index (χ1n) is 24.2. The molecule has 18 nitrogen and oxygen atoms in total. The molecule has 1 saturated heterocycles. The lowest BCUT2D eigenvalue weighted by Crippen LogP contribution is -2.47. The summed E-state index contributed by atoms with van der Waals surface area (Å²) in [5.74, 6) is 0.401. The number of carboxylic acid groups (broad SMARTS) is 1. The minimum absolute atomic E-state index is 0.0337. The molecule has 1 aliphatic rings. The lowest BCUT2D eigenvalue weighted by atomic mass is 9.78. The molecule has 21 heteroatoms. The van der Waals surface area contributed by atoms with E-state index in [4.69, 9.17) is 23.1 Å². The fourth-order valence-electron chi connectivity index (χ4n) is 8.94. The second-order valence-electron chi connectivity index (χ2n) is 18.0. The average molecular weight is 1090 g/mol. The molecule has 9 rings (SSSR count). The van der Waals surface area contributed by atoms with Gasteiger partial charge in [-0.05, 0) is 109 Å². The van der Waals surface area contributed by atoms with Crippen molar-refractivity contribution in [2.75, 3.05) is 40.5 Å². The van der Waals surface area contributed by atoms with Crippen LogP contribution in [0.3, 0.4) is 0 Å². The van der Waals surface area contributed by atoms with Gasteiger partial charge in [0.05, 0.1) is 41.4 Å². The van der Waals surface area contributed by atoms with Gasteiger partial charge in [0.1, 0.15) is 60.1 Å². The summed E-state index contributed by atoms with van der Waals surface area (Å²) >= 11 is 0.988. The molecule has 1 fully saturated rings. The van der Waals surface area contributed by atoms with E-state index in [9.17, 15) is 31.5 Å². The number of ether oxygens (including phenoxy) is 4. The Morgan fingerprint density at radius 1 is 0.750 bits per heavy atom. The van der Waals surface area contributed by atoms with E-state index in [0.717, 1.165) is 22.5 Å². The van der Waals surface area contributed by atoms with Gasteiger partial charge in [0.25, 0.3) is 20.1 Å². The number of hydrogen-bond donors (Lipinski definition) is 2. The standard InChI is InChI=1S/C55H54N6O12S3/c1-37-9-24-48(25-10-37)76(67,68)73-32-31-71-46-17-11-38(12-18-46)33-50(52(62)60-29-27-39(28-30-60)53(63)64)61-35-43(57-59-61)36-72-47-23-26-49-51(34-47)74-54(56-49)75(65,66)58-55(40-7-5-4-6-8-40,41-13-19-44(69-2)20-14-41)42-15-21-45(70-3)22-16-42/h4-26,34-35,39,50,58H,27-33,36H2,1-3H3,(H,63,64). The SMILES string of the molecule is COc1ccc(C(NS(=O)(=O)c2nc3ccc(OCc4cn(C(Cc5ccc(OCCOS(=O)(=O)c6ccc(C)cc6)cc5)C(=O)N5CCC(C(=O)O)CC5)nn4)cc3s2)(c2ccccc2)c2ccc(OC)cc2)cc1. The van der Waals surface area contributed by atoms with E-state index in [1.165, 1.54) is 16.8 Å². The second-order valence-corrected chi connectivity index (χ2v) is 22.5. The molecule has 0 aliphatic carbocycles. The van der Waals surface area contributed by atoms with E-state index in [0.29, 0.717) is 68.4 Å². The number of carbonyl (C=O) groups is 2. The Kier molecular flexibility index (Phi) is 16.1. The van der Waals surface area contributed by atoms with Crippen molar-refractivity contribution in [3.8, 4) is 23.0 Å². The third-order valence-electron chi connectivity index (χ3n) is 13.1. The zero-order chi connectivity index (χ0) is 53.5. The molecular weight excluding hydrogens is 1030 g/mol. The zero-order valence-corrected chi connectivity index (χ0v) is 44.1. The average Bonchev–Trinajstić information content (AvgIpc) is 4.14. The van der Waals surface area contributed by atoms with Gasteiger partial charge in [0.15, 0.2) is 0 Å². The van der Waals surface area contributed by atoms with Crippen LogP contribution in [0.2, 0.25) is 0 Å². The number of nitrogens with one attached hydrogen (secondary N) is 1. The predicted octanol–water partition coefficient (Wildman–Crippen LogP) is 7.95. The number of carbonyl (C=O) groups excluding carboxylic acids is 1. The molecule has 1 aliphatic heterocycles. The Morgan fingerprint density at radius 2 is 1.36 bits per heavy atom. The number of aromatic nitrogens is 4. The van der Waals surface area contributed by atoms with Crippen LogP contribution in [0.25, 0.3) is 10.2 Å². The Morgan fingerprint density at radius 3 is 1.97 bits per heavy atom. The molecule has 8 aromatic rings. The number of piperidine rings is 1. The number of methoxy groups -OCH3 is 2. The number of amides is 1. The van der Waals surface area contributed by atoms with E-state index in [1.807, 2.05) is 61.5 Å². The van der Waals surface area contributed by atoms with Crippen molar-refractivity contribution < 1.29 is 54.7 Å². The van der Waals surface area contributed by atoms with Crippen molar-refractivity contribution in [2.45, 2.75) is 53.6 Å². The summed E-state index contributed by atoms with van der Waals surface area (Å²) in [7, 11) is -5.17. The number of fused-ring (bicyclic) bond motifs is 1. The smallest absolute Gasteiger partial charge is 0.306 e. The largest absolute Gasteiger partial charge is 0.497 e. The molecule has 2 N–H and O–H groups in total. The van der Waals surface area contributed by atoms with Gasteiger partial charge in [0.2, 0.25) is 10.2 Å². The maximum Gasteiger partial charge on any atom is 0.306 e. The molecule has 3 heterocycles. The number of hydrogen-bond acceptors (Lipinski definition) is 15. The van der Waals surface area contributed by atoms with Crippen molar-refractivity contribution >= 4 is 53.6 Å². The first-order chi connectivity index (χ1) is 36.6. The normalized spacial score (nSPS) is 13.8. The summed E-state index contributed by atoms with van der Waals surface area (Å²) in [6.45, 7) is 2.11. The fraction of sp³-hybridized carbons (Fsp3) is 0.255. The van der Waals surface area contributed by atoms with Crippen LogP contribution in [0.1, 0.15) is 52.4 Å². The molecule has 0 spiro atoms. The van der Waals surface area contributed by atoms with E-state index < -0.39 is 43.6 Å². The lowest BCUT2D eigenvalue weighted by Gasteiger charge is -2.36. The van der Waals surface area contributed by atoms with E-state index in [2.05, 4.69) is 20.0 Å². The third-order valence-corrected chi connectivity index (χ3v) is 17.2. The van der Waals surface area contributed by atoms with Crippen molar-refractivity contribution in [3.63, 3.8) is 0 Å². The number of aliphatic carboxylic acids is 1. The molecule has 394 valence electrons. The number of carboxylic acids is 1. The van der Waals surface area contributed by atoms with Crippen LogP contribution in [0.4, 0.5) is 0 Å². The number of likely N-dealkylation sites (tertiary alicyclic amines) is 1. The lowest BCUT2D eigenvalue weighted by molar-refractivity contribution is -0.146. The second kappa shape index (κ2) is 23.1. The highest BCUT2D eigenvalue weighted by Crippen LogP contribution is 2.41. The number of rotatable bonds is 22. The number of sulfonamides is 1. The predicted molar refractivity (Wildman–Crippen MR) is 283 cm³/mol. The summed E-state index contributed by atoms with van der Waals surface area (Å²) in [5, 5.41) is 18.3. The molecule has 76 heavy (non-hydrogen) atoms. The van der Waals surface area contributed by atoms with Crippen LogP contribution in [0, 0.1) is 12.8 Å². The molecule has 2 aromatic heterocycles. The molecule has 0 saturated carbocycles. The van der Waals surface area contributed by atoms with E-state index in [-0.39, 0.29) is 54.5 Å². The first kappa shape index (κ1) is 53.1. The number of nitrogens with zero attached hydrogens (tertiary/aromatic N) is 5. The highest BCUT2D eigenvalue weighted by Gasteiger charge is 2.42. The summed E-state index contributed by atoms with van der Waals surface area (Å²) in [6.07, 6.45) is 2.47. The minimum atomic E-state index is -4.35. The van der Waals surface area contributed by atoms with Gasteiger partial charge in [-0.25, -0.2) is 18.1 Å². The van der Waals surface area contributed by atoms with E-state index in [1.54, 1.807) is 104 Å². The van der Waals surface area contributed by atoms with Gasteiger partial charge in [-0.1, -0.05) is 89.6 Å². The van der Waals surface area contributed by atoms with Crippen LogP contribution in [-0.4, -0.2) is 99.2 Å². The fourth-order valence-corrected chi connectivity index (χ4v) is 12.5. The molecule has 1 amide bonds. The van der Waals surface area contributed by atoms with Gasteiger partial charge in [-0.3, -0.25) is 13.8 Å². The summed E-state index contributed by atoms with van der Waals surface area (Å²) in [5.41, 5.74) is 3.04. The van der Waals surface area contributed by atoms with Gasteiger partial charge in [-0.15, -0.1) is 16.4 Å². The molecule has 0 radical (unpaired) electrons. The molecule has 1 atom stereocenters. The third kappa shape index (κ3) is 12.0. The minimum Gasteiger partial charge on any atom is -0.497 e. The van der Waals surface area contributed by atoms with Crippen molar-refractivity contribution in [2.24, 2.45) is 5.92 Å². The molecule has 6 aromatic carbocycles. The number of aryl methyl sites for hydroxylation is 1. The van der Waals surface area contributed by atoms with Crippen molar-refractivity contribution in [1.82, 2.24) is 29.6 Å². The van der Waals surface area contributed by atoms with Crippen LogP contribution < -0.4 is 23.7 Å². The Hall–Kier alpha value is -7.69. The van der Waals surface area contributed by atoms with Gasteiger partial charge in [0, 0.05) is 19.5 Å². The Bertz CT molecular complexity index is 3470. The van der Waals surface area contributed by atoms with Gasteiger partial charge < -0.3 is 29.0 Å². The highest BCUT2D eigenvalue weighted by atomic mass is 32.2. The van der Waals surface area contributed by atoms with Gasteiger partial charge in [-0.2, -0.15) is 13.1 Å². The maximum absolute atomic E-state index is 14.7. The molecule has 0 bridgehead atoms. The van der Waals surface area contributed by atoms with Crippen LogP contribution in [0.5, 0.6) is 23.0 Å². The van der Waals surface area contributed by atoms with E-state index >= 15 is 0 Å². The monoisotopic (exact) mass is 1090 g/mol. The van der Waals surface area contributed by atoms with Gasteiger partial charge >= 0.3 is 5.97 Å². The van der Waals surface area contributed by atoms with Crippen LogP contribution in [-0.2, 0) is 52.5 Å². The summed E-state index contributed by atoms with van der Waals surface area (Å²) < 4.78 is 87.6. The Balaban J connectivity index is 0.904. The highest BCUT2D eigenvalue weighted by molar-refractivity contribution is 7.91. The summed E-state index contributed by atoms with van der Waals surface area (Å²) in [6, 6.07) is 41.3. The quantitative estimate of drug-likeness (QED) is 0.0373. The Labute approximate surface area is 444 Å². The maximum atomic E-state index is 14.7. The van der Waals surface area contributed by atoms with Crippen LogP contribution in [0.15, 0.2) is 161 Å². The van der Waals surface area contributed by atoms with Crippen LogP contribution >= 0.6 is 11.3 Å². The number of benzene rings is 6. The molecule has 1 unspecified atom stereocenters. The van der Waals surface area contributed by atoms with Crippen molar-refractivity contribution in [1.29, 1.82) is 0 Å².